The summed E-state index contributed by atoms with van der Waals surface area (Å²) in [6.45, 7) is 4.31. The van der Waals surface area contributed by atoms with Gasteiger partial charge in [-0.15, -0.1) is 0 Å². The summed E-state index contributed by atoms with van der Waals surface area (Å²) >= 11 is 0. The molecule has 0 bridgehead atoms. The molecule has 1 atom stereocenters. The van der Waals surface area contributed by atoms with Gasteiger partial charge in [0.1, 0.15) is 11.8 Å². The van der Waals surface area contributed by atoms with Crippen LogP contribution in [-0.4, -0.2) is 19.1 Å². The number of carbonyl (C=O) groups excluding carboxylic acids is 1. The van der Waals surface area contributed by atoms with Crippen molar-refractivity contribution in [3.05, 3.63) is 59.7 Å². The lowest BCUT2D eigenvalue weighted by Gasteiger charge is -2.30. The first-order valence-electron chi connectivity index (χ1n) is 9.83. The van der Waals surface area contributed by atoms with Crippen LogP contribution in [0.25, 0.3) is 0 Å². The summed E-state index contributed by atoms with van der Waals surface area (Å²) in [7, 11) is 1.62. The second-order valence-corrected chi connectivity index (χ2v) is 7.66. The molecule has 0 unspecified atom stereocenters. The van der Waals surface area contributed by atoms with Gasteiger partial charge >= 0.3 is 0 Å². The molecule has 2 N–H and O–H groups in total. The fourth-order valence-corrected chi connectivity index (χ4v) is 3.76. The third-order valence-electron chi connectivity index (χ3n) is 5.43. The van der Waals surface area contributed by atoms with Crippen LogP contribution in [0.4, 0.5) is 5.69 Å². The van der Waals surface area contributed by atoms with E-state index in [0.29, 0.717) is 17.5 Å². The molecular formula is C23H30N2O2. The molecule has 1 fully saturated rings. The molecule has 1 aliphatic carbocycles. The van der Waals surface area contributed by atoms with Crippen LogP contribution in [0.5, 0.6) is 5.75 Å². The van der Waals surface area contributed by atoms with Gasteiger partial charge in [0.15, 0.2) is 0 Å². The number of ether oxygens (including phenoxy) is 1. The molecule has 2 aromatic carbocycles. The van der Waals surface area contributed by atoms with Crippen molar-refractivity contribution in [3.63, 3.8) is 0 Å². The van der Waals surface area contributed by atoms with Crippen LogP contribution in [0.1, 0.15) is 49.8 Å². The number of hydrogen-bond donors (Lipinski definition) is 2. The fourth-order valence-electron chi connectivity index (χ4n) is 3.76. The Hall–Kier alpha value is -2.33. The van der Waals surface area contributed by atoms with E-state index >= 15 is 0 Å². The summed E-state index contributed by atoms with van der Waals surface area (Å²) in [5, 5.41) is 6.68. The number of aryl methyl sites for hydroxylation is 1. The number of benzene rings is 2. The van der Waals surface area contributed by atoms with E-state index in [1.807, 2.05) is 55.5 Å². The number of anilines is 1. The van der Waals surface area contributed by atoms with E-state index in [1.165, 1.54) is 12.8 Å². The second kappa shape index (κ2) is 9.05. The number of methoxy groups -OCH3 is 1. The monoisotopic (exact) mass is 366 g/mol. The van der Waals surface area contributed by atoms with E-state index in [0.717, 1.165) is 29.9 Å². The fraction of sp³-hybridized carbons (Fsp3) is 0.435. The molecule has 1 aliphatic rings. The molecule has 27 heavy (non-hydrogen) atoms. The molecule has 1 amide bonds. The molecule has 0 spiro atoms. The summed E-state index contributed by atoms with van der Waals surface area (Å²) in [6.07, 6.45) is 4.66. The number of nitrogens with one attached hydrogen (secondary N) is 2. The third-order valence-corrected chi connectivity index (χ3v) is 5.43. The van der Waals surface area contributed by atoms with Gasteiger partial charge in [0.2, 0.25) is 5.91 Å². The minimum absolute atomic E-state index is 0.0521. The number of hydrogen-bond acceptors (Lipinski definition) is 3. The highest BCUT2D eigenvalue weighted by molar-refractivity contribution is 5.96. The Morgan fingerprint density at radius 3 is 2.44 bits per heavy atom. The topological polar surface area (TPSA) is 50.4 Å². The summed E-state index contributed by atoms with van der Waals surface area (Å²) in [6, 6.07) is 15.8. The minimum Gasteiger partial charge on any atom is -0.495 e. The molecular weight excluding hydrogens is 336 g/mol. The number of carbonyl (C=O) groups is 1. The molecule has 0 saturated heterocycles. The zero-order valence-corrected chi connectivity index (χ0v) is 16.5. The van der Waals surface area contributed by atoms with Gasteiger partial charge in [-0.3, -0.25) is 10.1 Å². The highest BCUT2D eigenvalue weighted by Gasteiger charge is 2.27. The zero-order chi connectivity index (χ0) is 19.2. The summed E-state index contributed by atoms with van der Waals surface area (Å²) in [5.74, 6) is 1.40. The molecule has 144 valence electrons. The van der Waals surface area contributed by atoms with Crippen LogP contribution in [0.15, 0.2) is 48.5 Å². The van der Waals surface area contributed by atoms with Crippen molar-refractivity contribution in [2.45, 2.75) is 51.6 Å². The lowest BCUT2D eigenvalue weighted by Crippen LogP contribution is -2.41. The van der Waals surface area contributed by atoms with Crippen molar-refractivity contribution in [2.75, 3.05) is 12.4 Å². The Morgan fingerprint density at radius 2 is 1.78 bits per heavy atom. The van der Waals surface area contributed by atoms with Crippen molar-refractivity contribution in [1.82, 2.24) is 5.32 Å². The summed E-state index contributed by atoms with van der Waals surface area (Å²) < 4.78 is 5.41. The minimum atomic E-state index is -0.380. The maximum atomic E-state index is 13.2. The third kappa shape index (κ3) is 5.10. The van der Waals surface area contributed by atoms with Crippen LogP contribution >= 0.6 is 0 Å². The first kappa shape index (κ1) is 19.4. The molecule has 2 aromatic rings. The Balaban J connectivity index is 1.80. The highest BCUT2D eigenvalue weighted by Crippen LogP contribution is 2.29. The Labute approximate surface area is 162 Å². The number of rotatable bonds is 6. The molecule has 4 nitrogen and oxygen atoms in total. The average Bonchev–Trinajstić information content (AvgIpc) is 2.68. The van der Waals surface area contributed by atoms with Gasteiger partial charge in [-0.1, -0.05) is 43.3 Å². The van der Waals surface area contributed by atoms with Crippen molar-refractivity contribution in [1.29, 1.82) is 0 Å². The van der Waals surface area contributed by atoms with E-state index in [9.17, 15) is 4.79 Å². The normalized spacial score (nSPS) is 20.7. The largest absolute Gasteiger partial charge is 0.495 e. The van der Waals surface area contributed by atoms with Gasteiger partial charge in [0, 0.05) is 6.04 Å². The van der Waals surface area contributed by atoms with Crippen LogP contribution in [0.3, 0.4) is 0 Å². The van der Waals surface area contributed by atoms with E-state index < -0.39 is 0 Å². The molecule has 0 aliphatic heterocycles. The van der Waals surface area contributed by atoms with Crippen molar-refractivity contribution in [3.8, 4) is 5.75 Å². The first-order valence-corrected chi connectivity index (χ1v) is 9.83. The smallest absolute Gasteiger partial charge is 0.246 e. The van der Waals surface area contributed by atoms with Crippen LogP contribution in [0, 0.1) is 12.8 Å². The zero-order valence-electron chi connectivity index (χ0n) is 16.5. The van der Waals surface area contributed by atoms with Crippen molar-refractivity contribution < 1.29 is 9.53 Å². The molecule has 0 aromatic heterocycles. The van der Waals surface area contributed by atoms with Gasteiger partial charge in [-0.2, -0.15) is 0 Å². The van der Waals surface area contributed by atoms with E-state index in [4.69, 9.17) is 4.74 Å². The summed E-state index contributed by atoms with van der Waals surface area (Å²) in [4.78, 5) is 13.2. The Bertz CT molecular complexity index is 752. The highest BCUT2D eigenvalue weighted by atomic mass is 16.5. The van der Waals surface area contributed by atoms with Crippen molar-refractivity contribution in [2.24, 2.45) is 5.92 Å². The summed E-state index contributed by atoms with van der Waals surface area (Å²) in [5.41, 5.74) is 2.78. The molecule has 1 saturated carbocycles. The first-order chi connectivity index (χ1) is 13.1. The molecule has 0 heterocycles. The average molecular weight is 367 g/mol. The Kier molecular flexibility index (Phi) is 6.51. The van der Waals surface area contributed by atoms with Crippen LogP contribution in [-0.2, 0) is 4.79 Å². The SMILES string of the molecule is COc1ccc(C)cc1NC(=O)[C@H](NC1CCC(C)CC1)c1ccccc1. The van der Waals surface area contributed by atoms with Gasteiger partial charge in [0.25, 0.3) is 0 Å². The quantitative estimate of drug-likeness (QED) is 0.768. The van der Waals surface area contributed by atoms with Crippen LogP contribution < -0.4 is 15.4 Å². The van der Waals surface area contributed by atoms with Gasteiger partial charge in [-0.05, 0) is 61.8 Å². The van der Waals surface area contributed by atoms with E-state index in [-0.39, 0.29) is 11.9 Å². The van der Waals surface area contributed by atoms with Gasteiger partial charge in [-0.25, -0.2) is 0 Å². The van der Waals surface area contributed by atoms with Crippen LogP contribution in [0.2, 0.25) is 0 Å². The van der Waals surface area contributed by atoms with Gasteiger partial charge in [0.05, 0.1) is 12.8 Å². The predicted molar refractivity (Wildman–Crippen MR) is 110 cm³/mol. The Morgan fingerprint density at radius 1 is 1.07 bits per heavy atom. The number of amides is 1. The maximum Gasteiger partial charge on any atom is 0.246 e. The lowest BCUT2D eigenvalue weighted by molar-refractivity contribution is -0.118. The predicted octanol–water partition coefficient (Wildman–Crippen LogP) is 4.85. The maximum absolute atomic E-state index is 13.2. The van der Waals surface area contributed by atoms with E-state index in [1.54, 1.807) is 7.11 Å². The second-order valence-electron chi connectivity index (χ2n) is 7.66. The van der Waals surface area contributed by atoms with E-state index in [2.05, 4.69) is 17.6 Å². The van der Waals surface area contributed by atoms with Crippen molar-refractivity contribution >= 4 is 11.6 Å². The molecule has 3 rings (SSSR count). The molecule has 0 radical (unpaired) electrons. The molecule has 4 heteroatoms. The lowest BCUT2D eigenvalue weighted by atomic mass is 9.86. The van der Waals surface area contributed by atoms with Gasteiger partial charge < -0.3 is 10.1 Å². The standard InChI is InChI=1S/C23H30N2O2/c1-16-9-12-19(13-10-16)24-22(18-7-5-4-6-8-18)23(26)25-20-15-17(2)11-14-21(20)27-3/h4-8,11,14-16,19,22,24H,9-10,12-13H2,1-3H3,(H,25,26)/t16?,19?,22-/m1/s1.